The van der Waals surface area contributed by atoms with Crippen molar-refractivity contribution in [3.8, 4) is 0 Å². The second-order valence-corrected chi connectivity index (χ2v) is 10.8. The van der Waals surface area contributed by atoms with E-state index in [0.717, 1.165) is 70.2 Å². The van der Waals surface area contributed by atoms with E-state index in [1.165, 1.54) is 25.7 Å². The van der Waals surface area contributed by atoms with Crippen LogP contribution in [0.5, 0.6) is 0 Å². The van der Waals surface area contributed by atoms with Crippen molar-refractivity contribution in [1.82, 2.24) is 39.5 Å². The van der Waals surface area contributed by atoms with E-state index in [0.29, 0.717) is 26.2 Å². The summed E-state index contributed by atoms with van der Waals surface area (Å²) in [6, 6.07) is 0. The molecule has 2 fully saturated rings. The summed E-state index contributed by atoms with van der Waals surface area (Å²) in [6.07, 6.45) is 12.7. The van der Waals surface area contributed by atoms with E-state index in [2.05, 4.69) is 39.9 Å². The molecule has 0 amide bonds. The molecule has 4 aromatic rings. The molecule has 228 valence electrons. The number of aromatic nitrogens is 8. The lowest BCUT2D eigenvalue weighted by Crippen LogP contribution is -2.20. The molecule has 2 aliphatic rings. The molecule has 0 aliphatic carbocycles. The van der Waals surface area contributed by atoms with Gasteiger partial charge in [-0.15, -0.1) is 37.2 Å². The van der Waals surface area contributed by atoms with Crippen molar-refractivity contribution >= 4 is 94.4 Å². The fourth-order valence-electron chi connectivity index (χ4n) is 4.94. The molecule has 12 nitrogen and oxygen atoms in total. The van der Waals surface area contributed by atoms with E-state index in [1.807, 2.05) is 34.3 Å². The van der Waals surface area contributed by atoms with Gasteiger partial charge in [0.15, 0.2) is 21.6 Å². The van der Waals surface area contributed by atoms with Crippen molar-refractivity contribution in [3.63, 3.8) is 0 Å². The first-order valence-electron chi connectivity index (χ1n) is 13.1. The highest BCUT2D eigenvalue weighted by atomic mass is 35.5. The maximum atomic E-state index is 5.62. The maximum absolute atomic E-state index is 5.62. The Labute approximate surface area is 267 Å². The SMILES string of the molecule is CSc1nc(N2CCCC2)c2cnn(CCN)c2n1.CSc1nc(N2CCCC2)c2cnn(CCN)c2n1.Cl.Cl.Cl. The summed E-state index contributed by atoms with van der Waals surface area (Å²) in [4.78, 5) is 23.1. The monoisotopic (exact) mass is 664 g/mol. The Kier molecular flexibility index (Phi) is 14.4. The van der Waals surface area contributed by atoms with Gasteiger partial charge in [0.25, 0.3) is 0 Å². The lowest BCUT2D eigenvalue weighted by atomic mass is 10.3. The van der Waals surface area contributed by atoms with Gasteiger partial charge in [-0.3, -0.25) is 0 Å². The number of nitrogens with zero attached hydrogens (tertiary/aromatic N) is 10. The maximum Gasteiger partial charge on any atom is 0.191 e. The van der Waals surface area contributed by atoms with Gasteiger partial charge in [0, 0.05) is 39.3 Å². The molecular formula is C24H39Cl3N12S2. The van der Waals surface area contributed by atoms with Crippen LogP contribution in [0.4, 0.5) is 11.6 Å². The van der Waals surface area contributed by atoms with Crippen LogP contribution in [-0.2, 0) is 13.1 Å². The largest absolute Gasteiger partial charge is 0.356 e. The van der Waals surface area contributed by atoms with E-state index in [4.69, 9.17) is 11.5 Å². The molecule has 17 heteroatoms. The second kappa shape index (κ2) is 16.7. The van der Waals surface area contributed by atoms with Crippen LogP contribution in [0.15, 0.2) is 22.7 Å². The molecule has 0 saturated carbocycles. The molecule has 0 spiro atoms. The van der Waals surface area contributed by atoms with Gasteiger partial charge in [-0.25, -0.2) is 29.3 Å². The van der Waals surface area contributed by atoms with E-state index in [-0.39, 0.29) is 37.2 Å². The molecule has 2 saturated heterocycles. The Morgan fingerprint density at radius 2 is 1.00 bits per heavy atom. The zero-order valence-corrected chi connectivity index (χ0v) is 27.4. The number of thioether (sulfide) groups is 2. The predicted molar refractivity (Wildman–Crippen MR) is 177 cm³/mol. The predicted octanol–water partition coefficient (Wildman–Crippen LogP) is 3.48. The average molecular weight is 666 g/mol. The molecule has 0 unspecified atom stereocenters. The fourth-order valence-corrected chi connectivity index (χ4v) is 5.65. The van der Waals surface area contributed by atoms with E-state index in [9.17, 15) is 0 Å². The van der Waals surface area contributed by atoms with Crippen molar-refractivity contribution in [1.29, 1.82) is 0 Å². The van der Waals surface area contributed by atoms with Crippen LogP contribution in [0.1, 0.15) is 25.7 Å². The average Bonchev–Trinajstić information content (AvgIpc) is 3.76. The first-order chi connectivity index (χ1) is 18.7. The number of hydrogen-bond donors (Lipinski definition) is 2. The minimum Gasteiger partial charge on any atom is -0.356 e. The quantitative estimate of drug-likeness (QED) is 0.210. The highest BCUT2D eigenvalue weighted by Crippen LogP contribution is 2.30. The normalized spacial score (nSPS) is 14.4. The fraction of sp³-hybridized carbons (Fsp3) is 0.583. The molecule has 41 heavy (non-hydrogen) atoms. The smallest absolute Gasteiger partial charge is 0.191 e. The zero-order chi connectivity index (χ0) is 26.5. The van der Waals surface area contributed by atoms with Crippen molar-refractivity contribution in [2.24, 2.45) is 11.5 Å². The summed E-state index contributed by atoms with van der Waals surface area (Å²) in [5.41, 5.74) is 13.0. The second-order valence-electron chi connectivity index (χ2n) is 9.24. The standard InChI is InChI=1S/2C12H18N6S.3ClH/c2*1-19-12-15-10(17-5-2-3-6-17)9-8-14-18(7-4-13)11(9)16-12;;;/h2*8H,2-7,13H2,1H3;3*1H. The number of halogens is 3. The van der Waals surface area contributed by atoms with Crippen LogP contribution >= 0.6 is 60.7 Å². The highest BCUT2D eigenvalue weighted by Gasteiger charge is 2.21. The molecule has 6 heterocycles. The summed E-state index contributed by atoms with van der Waals surface area (Å²) in [5, 5.41) is 12.5. The van der Waals surface area contributed by atoms with Crippen molar-refractivity contribution in [3.05, 3.63) is 12.4 Å². The molecule has 4 aromatic heterocycles. The first kappa shape index (κ1) is 35.4. The molecule has 0 bridgehead atoms. The number of fused-ring (bicyclic) bond motifs is 2. The van der Waals surface area contributed by atoms with Crippen LogP contribution in [0.25, 0.3) is 22.1 Å². The number of nitrogens with two attached hydrogens (primary N) is 2. The van der Waals surface area contributed by atoms with E-state index >= 15 is 0 Å². The summed E-state index contributed by atoms with van der Waals surface area (Å²) in [6.45, 7) is 6.79. The third-order valence-electron chi connectivity index (χ3n) is 6.77. The van der Waals surface area contributed by atoms with Crippen molar-refractivity contribution in [2.75, 3.05) is 61.6 Å². The molecule has 2 aliphatic heterocycles. The van der Waals surface area contributed by atoms with Crippen molar-refractivity contribution < 1.29 is 0 Å². The van der Waals surface area contributed by atoms with Gasteiger partial charge in [0.1, 0.15) is 11.6 Å². The van der Waals surface area contributed by atoms with Gasteiger partial charge in [-0.05, 0) is 38.2 Å². The number of rotatable bonds is 8. The van der Waals surface area contributed by atoms with E-state index in [1.54, 1.807) is 23.5 Å². The van der Waals surface area contributed by atoms with E-state index < -0.39 is 0 Å². The number of hydrogen-bond acceptors (Lipinski definition) is 12. The Bertz CT molecular complexity index is 1270. The Morgan fingerprint density at radius 1 is 0.634 bits per heavy atom. The zero-order valence-electron chi connectivity index (χ0n) is 23.3. The third kappa shape index (κ3) is 7.78. The van der Waals surface area contributed by atoms with Gasteiger partial charge in [0.2, 0.25) is 0 Å². The van der Waals surface area contributed by atoms with Crippen LogP contribution in [0, 0.1) is 0 Å². The summed E-state index contributed by atoms with van der Waals surface area (Å²) >= 11 is 3.13. The lowest BCUT2D eigenvalue weighted by Gasteiger charge is -2.17. The molecule has 6 rings (SSSR count). The molecule has 0 radical (unpaired) electrons. The summed E-state index contributed by atoms with van der Waals surface area (Å²) in [5.74, 6) is 2.05. The first-order valence-corrected chi connectivity index (χ1v) is 15.6. The molecule has 0 aromatic carbocycles. The Morgan fingerprint density at radius 3 is 1.32 bits per heavy atom. The van der Waals surface area contributed by atoms with Gasteiger partial charge in [-0.1, -0.05) is 23.5 Å². The summed E-state index contributed by atoms with van der Waals surface area (Å²) < 4.78 is 3.74. The van der Waals surface area contributed by atoms with Gasteiger partial charge < -0.3 is 21.3 Å². The number of anilines is 2. The molecular weight excluding hydrogens is 627 g/mol. The van der Waals surface area contributed by atoms with Crippen LogP contribution in [0.2, 0.25) is 0 Å². The van der Waals surface area contributed by atoms with Crippen LogP contribution in [-0.4, -0.2) is 91.3 Å². The summed E-state index contributed by atoms with van der Waals surface area (Å²) in [7, 11) is 0. The van der Waals surface area contributed by atoms with Crippen LogP contribution in [0.3, 0.4) is 0 Å². The molecule has 0 atom stereocenters. The molecule has 4 N–H and O–H groups in total. The van der Waals surface area contributed by atoms with Gasteiger partial charge in [-0.2, -0.15) is 10.2 Å². The minimum atomic E-state index is 0. The topological polar surface area (TPSA) is 146 Å². The van der Waals surface area contributed by atoms with Crippen molar-refractivity contribution in [2.45, 2.75) is 49.1 Å². The van der Waals surface area contributed by atoms with Gasteiger partial charge in [0.05, 0.1) is 36.3 Å². The Hall–Kier alpha value is -1.81. The minimum absolute atomic E-state index is 0. The Balaban J connectivity index is 0.000000267. The van der Waals surface area contributed by atoms with Gasteiger partial charge >= 0.3 is 0 Å². The highest BCUT2D eigenvalue weighted by molar-refractivity contribution is 7.98. The third-order valence-corrected chi connectivity index (χ3v) is 7.86. The van der Waals surface area contributed by atoms with Crippen LogP contribution < -0.4 is 21.3 Å². The lowest BCUT2D eigenvalue weighted by molar-refractivity contribution is 0.637.